The van der Waals surface area contributed by atoms with E-state index < -0.39 is 27.9 Å². The number of sulfonamides is 1. The van der Waals surface area contributed by atoms with Crippen LogP contribution in [0.15, 0.2) is 59.5 Å². The van der Waals surface area contributed by atoms with Crippen molar-refractivity contribution in [1.29, 1.82) is 0 Å². The first-order valence-electron chi connectivity index (χ1n) is 8.88. The third-order valence-electron chi connectivity index (χ3n) is 5.11. The highest BCUT2D eigenvalue weighted by Crippen LogP contribution is 2.34. The average molecular weight is 401 g/mol. The fourth-order valence-corrected chi connectivity index (χ4v) is 5.09. The van der Waals surface area contributed by atoms with Crippen LogP contribution in [0.2, 0.25) is 0 Å². The van der Waals surface area contributed by atoms with E-state index in [4.69, 9.17) is 0 Å². The van der Waals surface area contributed by atoms with Crippen molar-refractivity contribution in [2.24, 2.45) is 5.92 Å². The number of carboxylic acids is 2. The minimum Gasteiger partial charge on any atom is -0.549 e. The van der Waals surface area contributed by atoms with Gasteiger partial charge in [0.15, 0.2) is 0 Å². The monoisotopic (exact) mass is 401 g/mol. The number of piperidine rings is 1. The molecule has 8 heteroatoms. The van der Waals surface area contributed by atoms with Gasteiger partial charge in [-0.2, -0.15) is 4.31 Å². The van der Waals surface area contributed by atoms with Crippen molar-refractivity contribution in [3.05, 3.63) is 65.7 Å². The van der Waals surface area contributed by atoms with E-state index in [1.54, 1.807) is 30.3 Å². The zero-order chi connectivity index (χ0) is 20.3. The highest BCUT2D eigenvalue weighted by molar-refractivity contribution is 7.89. The Labute approximate surface area is 163 Å². The second-order valence-corrected chi connectivity index (χ2v) is 8.70. The lowest BCUT2D eigenvalue weighted by molar-refractivity contribution is -0.309. The Morgan fingerprint density at radius 1 is 0.929 bits per heavy atom. The van der Waals surface area contributed by atoms with E-state index in [9.17, 15) is 28.2 Å². The van der Waals surface area contributed by atoms with Gasteiger partial charge in [-0.15, -0.1) is 0 Å². The van der Waals surface area contributed by atoms with Gasteiger partial charge in [-0.05, 0) is 42.0 Å². The van der Waals surface area contributed by atoms with Gasteiger partial charge in [0.05, 0.1) is 10.9 Å². The molecule has 0 amide bonds. The number of carbonyl (C=O) groups is 2. The Kier molecular flexibility index (Phi) is 5.81. The summed E-state index contributed by atoms with van der Waals surface area (Å²) in [6.45, 7) is 0.373. The Bertz CT molecular complexity index is 948. The van der Waals surface area contributed by atoms with Crippen LogP contribution in [0, 0.1) is 5.92 Å². The zero-order valence-electron chi connectivity index (χ0n) is 15.0. The van der Waals surface area contributed by atoms with Crippen LogP contribution >= 0.6 is 0 Å². The molecule has 1 atom stereocenters. The van der Waals surface area contributed by atoms with Gasteiger partial charge in [-0.3, -0.25) is 0 Å². The van der Waals surface area contributed by atoms with Crippen molar-refractivity contribution in [2.45, 2.75) is 23.7 Å². The fraction of sp³-hybridized carbons (Fsp3) is 0.300. The summed E-state index contributed by atoms with van der Waals surface area (Å²) in [5.74, 6) is -3.54. The molecular formula is C20H19NO6S-2. The molecule has 0 aliphatic carbocycles. The number of aromatic carboxylic acids is 1. The maximum atomic E-state index is 12.8. The minimum absolute atomic E-state index is 0.00420. The smallest absolute Gasteiger partial charge is 0.243 e. The molecule has 148 valence electrons. The summed E-state index contributed by atoms with van der Waals surface area (Å²) in [5.41, 5.74) is 0.555. The van der Waals surface area contributed by atoms with Crippen molar-refractivity contribution in [3.8, 4) is 0 Å². The van der Waals surface area contributed by atoms with Gasteiger partial charge in [-0.1, -0.05) is 42.5 Å². The van der Waals surface area contributed by atoms with E-state index >= 15 is 0 Å². The van der Waals surface area contributed by atoms with Crippen LogP contribution in [0.5, 0.6) is 0 Å². The topological polar surface area (TPSA) is 118 Å². The maximum absolute atomic E-state index is 12.8. The van der Waals surface area contributed by atoms with E-state index in [-0.39, 0.29) is 29.5 Å². The first-order chi connectivity index (χ1) is 13.3. The van der Waals surface area contributed by atoms with Crippen LogP contribution in [0.3, 0.4) is 0 Å². The molecule has 0 unspecified atom stereocenters. The molecule has 0 radical (unpaired) electrons. The molecule has 1 heterocycles. The molecule has 0 spiro atoms. The fourth-order valence-electron chi connectivity index (χ4n) is 3.62. The number of benzene rings is 2. The summed E-state index contributed by atoms with van der Waals surface area (Å²) in [6, 6.07) is 13.7. The summed E-state index contributed by atoms with van der Waals surface area (Å²) < 4.78 is 26.9. The highest BCUT2D eigenvalue weighted by Gasteiger charge is 2.33. The van der Waals surface area contributed by atoms with E-state index in [2.05, 4.69) is 0 Å². The summed E-state index contributed by atoms with van der Waals surface area (Å²) in [7, 11) is -3.78. The highest BCUT2D eigenvalue weighted by atomic mass is 32.2. The van der Waals surface area contributed by atoms with Gasteiger partial charge in [0, 0.05) is 25.0 Å². The van der Waals surface area contributed by atoms with Gasteiger partial charge >= 0.3 is 0 Å². The molecule has 0 aromatic heterocycles. The van der Waals surface area contributed by atoms with Gasteiger partial charge in [0.2, 0.25) is 10.0 Å². The van der Waals surface area contributed by atoms with Crippen molar-refractivity contribution in [3.63, 3.8) is 0 Å². The quantitative estimate of drug-likeness (QED) is 0.672. The number of nitrogens with zero attached hydrogens (tertiary/aromatic N) is 1. The second kappa shape index (κ2) is 8.12. The largest absolute Gasteiger partial charge is 0.549 e. The maximum Gasteiger partial charge on any atom is 0.243 e. The molecule has 7 nitrogen and oxygen atoms in total. The number of carboxylic acid groups (broad SMARTS) is 2. The molecular weight excluding hydrogens is 382 g/mol. The van der Waals surface area contributed by atoms with Crippen molar-refractivity contribution in [1.82, 2.24) is 4.31 Å². The van der Waals surface area contributed by atoms with Crippen LogP contribution in [-0.4, -0.2) is 37.8 Å². The molecule has 0 N–H and O–H groups in total. The molecule has 28 heavy (non-hydrogen) atoms. The zero-order valence-corrected chi connectivity index (χ0v) is 15.8. The first kappa shape index (κ1) is 20.0. The van der Waals surface area contributed by atoms with E-state index in [0.717, 1.165) is 0 Å². The first-order valence-corrected chi connectivity index (χ1v) is 10.3. The number of carbonyl (C=O) groups excluding carboxylic acids is 2. The van der Waals surface area contributed by atoms with Crippen LogP contribution in [0.4, 0.5) is 0 Å². The summed E-state index contributed by atoms with van der Waals surface area (Å²) >= 11 is 0. The molecule has 2 aromatic rings. The normalized spacial score (nSPS) is 17.1. The van der Waals surface area contributed by atoms with Crippen molar-refractivity contribution in [2.75, 3.05) is 13.1 Å². The lowest BCUT2D eigenvalue weighted by Gasteiger charge is -2.36. The van der Waals surface area contributed by atoms with Crippen LogP contribution < -0.4 is 10.2 Å². The van der Waals surface area contributed by atoms with Crippen molar-refractivity contribution < 1.29 is 28.2 Å². The Hall–Kier alpha value is -2.71. The number of rotatable bonds is 6. The average Bonchev–Trinajstić information content (AvgIpc) is 2.69. The standard InChI is InChI=1S/C20H21NO6S/c22-19(23)16-6-8-17(9-7-16)28(26,27)21-12-10-15(11-13-21)18(20(24)25)14-4-2-1-3-5-14/h1-9,15,18H,10-13H2,(H,22,23)(H,24,25)/p-2/t18-/m0/s1. The van der Waals surface area contributed by atoms with Gasteiger partial charge in [0.1, 0.15) is 0 Å². The van der Waals surface area contributed by atoms with Crippen LogP contribution in [0.1, 0.15) is 34.7 Å². The summed E-state index contributed by atoms with van der Waals surface area (Å²) in [4.78, 5) is 22.5. The molecule has 1 aliphatic rings. The molecule has 1 fully saturated rings. The lowest BCUT2D eigenvalue weighted by Crippen LogP contribution is -2.43. The minimum atomic E-state index is -3.78. The van der Waals surface area contributed by atoms with E-state index in [1.165, 1.54) is 28.6 Å². The molecule has 0 bridgehead atoms. The Balaban J connectivity index is 1.73. The van der Waals surface area contributed by atoms with Crippen LogP contribution in [0.25, 0.3) is 0 Å². The lowest BCUT2D eigenvalue weighted by atomic mass is 9.80. The molecule has 1 saturated heterocycles. The predicted octanol–water partition coefficient (Wildman–Crippen LogP) is -0.0155. The second-order valence-electron chi connectivity index (χ2n) is 6.76. The Morgan fingerprint density at radius 3 is 2.00 bits per heavy atom. The van der Waals surface area contributed by atoms with Gasteiger partial charge < -0.3 is 19.8 Å². The SMILES string of the molecule is O=C([O-])c1ccc(S(=O)(=O)N2CCC([C@@H](C(=O)[O-])c3ccccc3)CC2)cc1. The molecule has 3 rings (SSSR count). The van der Waals surface area contributed by atoms with Gasteiger partial charge in [0.25, 0.3) is 0 Å². The molecule has 2 aromatic carbocycles. The third kappa shape index (κ3) is 4.07. The van der Waals surface area contributed by atoms with Crippen molar-refractivity contribution >= 4 is 22.0 Å². The number of hydrogen-bond acceptors (Lipinski definition) is 6. The summed E-state index contributed by atoms with van der Waals surface area (Å²) in [5, 5.41) is 22.5. The molecule has 0 saturated carbocycles. The number of aliphatic carboxylic acids is 1. The summed E-state index contributed by atoms with van der Waals surface area (Å²) in [6.07, 6.45) is 0.786. The van der Waals surface area contributed by atoms with E-state index in [0.29, 0.717) is 18.4 Å². The van der Waals surface area contributed by atoms with Crippen LogP contribution in [-0.2, 0) is 14.8 Å². The number of hydrogen-bond donors (Lipinski definition) is 0. The Morgan fingerprint density at radius 2 is 1.50 bits per heavy atom. The predicted molar refractivity (Wildman–Crippen MR) is 96.4 cm³/mol. The third-order valence-corrected chi connectivity index (χ3v) is 7.02. The van der Waals surface area contributed by atoms with E-state index in [1.807, 2.05) is 0 Å². The molecule has 1 aliphatic heterocycles. The van der Waals surface area contributed by atoms with Gasteiger partial charge in [-0.25, -0.2) is 8.42 Å².